The molecule has 0 aliphatic rings. The molecule has 2 N–H and O–H groups in total. The van der Waals surface area contributed by atoms with Crippen LogP contribution in [0.15, 0.2) is 54.1 Å². The third-order valence-corrected chi connectivity index (χ3v) is 5.62. The van der Waals surface area contributed by atoms with E-state index in [-0.39, 0.29) is 5.57 Å². The molecular formula is C22H21N3OS. The van der Waals surface area contributed by atoms with E-state index in [1.807, 2.05) is 18.2 Å². The van der Waals surface area contributed by atoms with Crippen molar-refractivity contribution >= 4 is 39.8 Å². The van der Waals surface area contributed by atoms with Crippen molar-refractivity contribution < 1.29 is 4.79 Å². The van der Waals surface area contributed by atoms with E-state index in [0.29, 0.717) is 0 Å². The van der Waals surface area contributed by atoms with Crippen molar-refractivity contribution in [1.82, 2.24) is 0 Å². The Labute approximate surface area is 163 Å². The number of amides is 1. The lowest BCUT2D eigenvalue weighted by atomic mass is 10.0. The topological polar surface area (TPSA) is 70.1 Å². The maximum atomic E-state index is 11.2. The van der Waals surface area contributed by atoms with Gasteiger partial charge in [-0.25, -0.2) is 0 Å². The molecular weight excluding hydrogens is 354 g/mol. The Morgan fingerprint density at radius 2 is 1.81 bits per heavy atom. The smallest absolute Gasteiger partial charge is 0.259 e. The van der Waals surface area contributed by atoms with Crippen molar-refractivity contribution in [2.75, 3.05) is 18.0 Å². The van der Waals surface area contributed by atoms with Crippen molar-refractivity contribution in [2.24, 2.45) is 5.73 Å². The first kappa shape index (κ1) is 18.7. The average molecular weight is 375 g/mol. The van der Waals surface area contributed by atoms with Gasteiger partial charge in [0.25, 0.3) is 5.91 Å². The molecule has 27 heavy (non-hydrogen) atoms. The summed E-state index contributed by atoms with van der Waals surface area (Å²) in [6.07, 6.45) is 1.54. The number of carbonyl (C=O) groups is 1. The van der Waals surface area contributed by atoms with E-state index in [2.05, 4.69) is 55.1 Å². The molecule has 3 rings (SSSR count). The molecule has 0 aliphatic heterocycles. The van der Waals surface area contributed by atoms with Gasteiger partial charge in [0.2, 0.25) is 0 Å². The largest absolute Gasteiger partial charge is 0.372 e. The Balaban J connectivity index is 1.93. The molecule has 1 amide bonds. The summed E-state index contributed by atoms with van der Waals surface area (Å²) in [5.74, 6) is -0.706. The van der Waals surface area contributed by atoms with Gasteiger partial charge < -0.3 is 10.6 Å². The lowest BCUT2D eigenvalue weighted by molar-refractivity contribution is -0.114. The molecule has 136 valence electrons. The highest BCUT2D eigenvalue weighted by Gasteiger charge is 2.08. The first-order valence-corrected chi connectivity index (χ1v) is 9.68. The molecule has 5 heteroatoms. The summed E-state index contributed by atoms with van der Waals surface area (Å²) in [6.45, 7) is 6.30. The molecule has 0 saturated heterocycles. The highest BCUT2D eigenvalue weighted by atomic mass is 32.1. The number of carbonyl (C=O) groups excluding carboxylic acids is 1. The average Bonchev–Trinajstić information content (AvgIpc) is 3.15. The second kappa shape index (κ2) is 8.07. The van der Waals surface area contributed by atoms with Crippen LogP contribution in [-0.4, -0.2) is 19.0 Å². The fourth-order valence-electron chi connectivity index (χ4n) is 3.06. The van der Waals surface area contributed by atoms with Crippen molar-refractivity contribution in [2.45, 2.75) is 13.8 Å². The first-order chi connectivity index (χ1) is 13.0. The normalized spacial score (nSPS) is 11.4. The molecule has 0 saturated carbocycles. The van der Waals surface area contributed by atoms with E-state index in [1.165, 1.54) is 33.9 Å². The van der Waals surface area contributed by atoms with Crippen LogP contribution in [-0.2, 0) is 4.79 Å². The van der Waals surface area contributed by atoms with Crippen LogP contribution in [0.4, 0.5) is 5.69 Å². The second-order valence-corrected chi connectivity index (χ2v) is 7.27. The maximum Gasteiger partial charge on any atom is 0.259 e. The standard InChI is InChI=1S/C22H21N3OS/c1-3-25(4-2)19-8-7-15-11-17(6-5-16(15)12-19)21-10-9-20(27-21)13-18(14-23)22(24)26/h5-13H,3-4H2,1-2H3,(H2,24,26). The van der Waals surface area contributed by atoms with E-state index in [1.54, 1.807) is 0 Å². The number of thiophene rings is 1. The highest BCUT2D eigenvalue weighted by Crippen LogP contribution is 2.32. The van der Waals surface area contributed by atoms with Gasteiger partial charge in [0.05, 0.1) is 0 Å². The van der Waals surface area contributed by atoms with Gasteiger partial charge in [0.1, 0.15) is 11.6 Å². The zero-order valence-electron chi connectivity index (χ0n) is 15.4. The molecule has 0 fully saturated rings. The number of nitrogens with two attached hydrogens (primary N) is 1. The van der Waals surface area contributed by atoms with E-state index >= 15 is 0 Å². The molecule has 0 atom stereocenters. The monoisotopic (exact) mass is 375 g/mol. The molecule has 1 heterocycles. The van der Waals surface area contributed by atoms with Crippen molar-refractivity contribution in [3.63, 3.8) is 0 Å². The SMILES string of the molecule is CCN(CC)c1ccc2cc(-c3ccc(C=C(C#N)C(N)=O)s3)ccc2c1. The van der Waals surface area contributed by atoms with Crippen LogP contribution in [0.1, 0.15) is 18.7 Å². The van der Waals surface area contributed by atoms with Crippen LogP contribution >= 0.6 is 11.3 Å². The van der Waals surface area contributed by atoms with Gasteiger partial charge in [-0.3, -0.25) is 4.79 Å². The Hall–Kier alpha value is -3.10. The Kier molecular flexibility index (Phi) is 5.58. The maximum absolute atomic E-state index is 11.2. The number of benzene rings is 2. The van der Waals surface area contributed by atoms with Gasteiger partial charge >= 0.3 is 0 Å². The molecule has 0 bridgehead atoms. The van der Waals surface area contributed by atoms with E-state index in [4.69, 9.17) is 11.0 Å². The minimum absolute atomic E-state index is 0.0363. The number of nitriles is 1. The molecule has 0 spiro atoms. The number of anilines is 1. The molecule has 0 unspecified atom stereocenters. The summed E-state index contributed by atoms with van der Waals surface area (Å²) in [6, 6.07) is 18.7. The Bertz CT molecular complexity index is 1050. The van der Waals surface area contributed by atoms with Crippen LogP contribution in [0, 0.1) is 11.3 Å². The molecule has 0 aliphatic carbocycles. The minimum atomic E-state index is -0.706. The summed E-state index contributed by atoms with van der Waals surface area (Å²) in [5.41, 5.74) is 7.51. The third-order valence-electron chi connectivity index (χ3n) is 4.54. The number of rotatable bonds is 6. The molecule has 3 aromatic rings. The summed E-state index contributed by atoms with van der Waals surface area (Å²) >= 11 is 1.53. The third kappa shape index (κ3) is 4.02. The van der Waals surface area contributed by atoms with Crippen molar-refractivity contribution in [3.05, 3.63) is 59.0 Å². The molecule has 2 aromatic carbocycles. The molecule has 4 nitrogen and oxygen atoms in total. The number of hydrogen-bond donors (Lipinski definition) is 1. The predicted octanol–water partition coefficient (Wildman–Crippen LogP) is 4.81. The molecule has 0 radical (unpaired) electrons. The predicted molar refractivity (Wildman–Crippen MR) is 114 cm³/mol. The quantitative estimate of drug-likeness (QED) is 0.497. The number of fused-ring (bicyclic) bond motifs is 1. The fraction of sp³-hybridized carbons (Fsp3) is 0.182. The summed E-state index contributed by atoms with van der Waals surface area (Å²) < 4.78 is 0. The number of primary amides is 1. The summed E-state index contributed by atoms with van der Waals surface area (Å²) in [5, 5.41) is 11.4. The number of nitrogens with zero attached hydrogens (tertiary/aromatic N) is 2. The van der Waals surface area contributed by atoms with Gasteiger partial charge in [0.15, 0.2) is 0 Å². The van der Waals surface area contributed by atoms with Crippen LogP contribution < -0.4 is 10.6 Å². The van der Waals surface area contributed by atoms with Crippen molar-refractivity contribution in [3.8, 4) is 16.5 Å². The zero-order chi connectivity index (χ0) is 19.4. The van der Waals surface area contributed by atoms with E-state index < -0.39 is 5.91 Å². The lowest BCUT2D eigenvalue weighted by Gasteiger charge is -2.21. The van der Waals surface area contributed by atoms with Crippen LogP contribution in [0.2, 0.25) is 0 Å². The Morgan fingerprint density at radius 3 is 2.48 bits per heavy atom. The zero-order valence-corrected chi connectivity index (χ0v) is 16.2. The van der Waals surface area contributed by atoms with Crippen LogP contribution in [0.25, 0.3) is 27.3 Å². The first-order valence-electron chi connectivity index (χ1n) is 8.86. The van der Waals surface area contributed by atoms with Gasteiger partial charge in [-0.2, -0.15) is 5.26 Å². The summed E-state index contributed by atoms with van der Waals surface area (Å²) in [7, 11) is 0. The van der Waals surface area contributed by atoms with E-state index in [9.17, 15) is 4.79 Å². The minimum Gasteiger partial charge on any atom is -0.372 e. The highest BCUT2D eigenvalue weighted by molar-refractivity contribution is 7.16. The summed E-state index contributed by atoms with van der Waals surface area (Å²) in [4.78, 5) is 15.5. The van der Waals surface area contributed by atoms with Gasteiger partial charge in [-0.15, -0.1) is 11.3 Å². The number of hydrogen-bond acceptors (Lipinski definition) is 4. The van der Waals surface area contributed by atoms with Gasteiger partial charge in [-0.05, 0) is 66.6 Å². The van der Waals surface area contributed by atoms with Crippen molar-refractivity contribution in [1.29, 1.82) is 5.26 Å². The van der Waals surface area contributed by atoms with Crippen LogP contribution in [0.3, 0.4) is 0 Å². The van der Waals surface area contributed by atoms with Crippen LogP contribution in [0.5, 0.6) is 0 Å². The van der Waals surface area contributed by atoms with Gasteiger partial charge in [-0.1, -0.05) is 18.2 Å². The fourth-order valence-corrected chi connectivity index (χ4v) is 4.01. The van der Waals surface area contributed by atoms with Gasteiger partial charge in [0, 0.05) is 28.5 Å². The second-order valence-electron chi connectivity index (χ2n) is 6.15. The van der Waals surface area contributed by atoms with E-state index in [0.717, 1.165) is 28.4 Å². The Morgan fingerprint density at radius 1 is 1.11 bits per heavy atom. The lowest BCUT2D eigenvalue weighted by Crippen LogP contribution is -2.21. The molecule has 1 aromatic heterocycles.